The van der Waals surface area contributed by atoms with Gasteiger partial charge in [-0.15, -0.1) is 11.6 Å². The summed E-state index contributed by atoms with van der Waals surface area (Å²) >= 11 is 5.73. The summed E-state index contributed by atoms with van der Waals surface area (Å²) in [6, 6.07) is 3.96. The van der Waals surface area contributed by atoms with Crippen LogP contribution in [0.5, 0.6) is 0 Å². The van der Waals surface area contributed by atoms with Crippen LogP contribution in [-0.4, -0.2) is 14.5 Å². The molecule has 2 heterocycles. The summed E-state index contributed by atoms with van der Waals surface area (Å²) in [6.07, 6.45) is 7.59. The van der Waals surface area contributed by atoms with E-state index in [-0.39, 0.29) is 0 Å². The molecular weight excluding hydrogens is 222 g/mol. The Morgan fingerprint density at radius 2 is 2.19 bits per heavy atom. The van der Waals surface area contributed by atoms with Gasteiger partial charge in [-0.3, -0.25) is 4.57 Å². The van der Waals surface area contributed by atoms with Crippen molar-refractivity contribution in [3.8, 4) is 5.82 Å². The molecule has 0 radical (unpaired) electrons. The zero-order chi connectivity index (χ0) is 11.4. The summed E-state index contributed by atoms with van der Waals surface area (Å²) in [4.78, 5) is 8.70. The van der Waals surface area contributed by atoms with Crippen LogP contribution >= 0.6 is 11.6 Å². The van der Waals surface area contributed by atoms with Gasteiger partial charge in [-0.05, 0) is 18.1 Å². The lowest BCUT2D eigenvalue weighted by molar-refractivity contribution is 0.797. The molecule has 0 aliphatic heterocycles. The number of pyridine rings is 1. The molecule has 84 valence electrons. The van der Waals surface area contributed by atoms with Gasteiger partial charge in [0, 0.05) is 30.9 Å². The minimum absolute atomic E-state index is 0.499. The van der Waals surface area contributed by atoms with Crippen molar-refractivity contribution in [3.05, 3.63) is 42.1 Å². The Balaban J connectivity index is 2.31. The largest absolute Gasteiger partial charge is 0.288 e. The number of hydrogen-bond acceptors (Lipinski definition) is 2. The lowest BCUT2D eigenvalue weighted by Crippen LogP contribution is -2.02. The van der Waals surface area contributed by atoms with Crippen molar-refractivity contribution in [3.63, 3.8) is 0 Å². The Bertz CT molecular complexity index is 448. The van der Waals surface area contributed by atoms with Crippen LogP contribution in [0.25, 0.3) is 5.82 Å². The molecular formula is C12H14ClN3. The quantitative estimate of drug-likeness (QED) is 0.763. The van der Waals surface area contributed by atoms with Crippen molar-refractivity contribution in [2.45, 2.75) is 25.6 Å². The van der Waals surface area contributed by atoms with Crippen LogP contribution in [0, 0.1) is 0 Å². The topological polar surface area (TPSA) is 30.7 Å². The predicted molar refractivity (Wildman–Crippen MR) is 64.9 cm³/mol. The molecule has 0 aliphatic rings. The number of imidazole rings is 1. The fourth-order valence-electron chi connectivity index (χ4n) is 1.59. The molecule has 0 aromatic carbocycles. The van der Waals surface area contributed by atoms with E-state index in [0.29, 0.717) is 5.88 Å². The van der Waals surface area contributed by atoms with E-state index in [0.717, 1.165) is 30.0 Å². The maximum atomic E-state index is 5.73. The molecule has 0 N–H and O–H groups in total. The van der Waals surface area contributed by atoms with E-state index in [1.54, 1.807) is 6.20 Å². The van der Waals surface area contributed by atoms with Crippen molar-refractivity contribution < 1.29 is 0 Å². The van der Waals surface area contributed by atoms with Gasteiger partial charge in [-0.2, -0.15) is 0 Å². The highest BCUT2D eigenvalue weighted by Crippen LogP contribution is 2.11. The molecule has 0 amide bonds. The molecule has 0 fully saturated rings. The van der Waals surface area contributed by atoms with E-state index in [4.69, 9.17) is 11.6 Å². The first-order valence-corrected chi connectivity index (χ1v) is 5.92. The summed E-state index contributed by atoms with van der Waals surface area (Å²) in [5.74, 6) is 2.45. The average molecular weight is 236 g/mol. The molecule has 3 nitrogen and oxygen atoms in total. The van der Waals surface area contributed by atoms with E-state index in [1.807, 2.05) is 29.1 Å². The van der Waals surface area contributed by atoms with Gasteiger partial charge < -0.3 is 0 Å². The van der Waals surface area contributed by atoms with Crippen LogP contribution in [0.1, 0.15) is 24.7 Å². The molecule has 0 bridgehead atoms. The van der Waals surface area contributed by atoms with Gasteiger partial charge in [0.1, 0.15) is 11.6 Å². The number of alkyl halides is 1. The number of rotatable bonds is 4. The first-order chi connectivity index (χ1) is 7.85. The van der Waals surface area contributed by atoms with Crippen molar-refractivity contribution in [2.24, 2.45) is 0 Å². The molecule has 0 aliphatic carbocycles. The third-order valence-electron chi connectivity index (χ3n) is 2.40. The first kappa shape index (κ1) is 11.1. The van der Waals surface area contributed by atoms with E-state index in [1.165, 1.54) is 0 Å². The smallest absolute Gasteiger partial charge is 0.137 e. The molecule has 2 aromatic rings. The Kier molecular flexibility index (Phi) is 3.57. The van der Waals surface area contributed by atoms with Crippen molar-refractivity contribution in [2.75, 3.05) is 0 Å². The van der Waals surface area contributed by atoms with Crippen LogP contribution in [0.4, 0.5) is 0 Å². The van der Waals surface area contributed by atoms with Gasteiger partial charge in [-0.25, -0.2) is 9.97 Å². The summed E-state index contributed by atoms with van der Waals surface area (Å²) < 4.78 is 2.02. The van der Waals surface area contributed by atoms with Gasteiger partial charge in [0.05, 0.1) is 0 Å². The highest BCUT2D eigenvalue weighted by Gasteiger charge is 2.04. The summed E-state index contributed by atoms with van der Waals surface area (Å²) in [6.45, 7) is 2.14. The molecule has 0 atom stereocenters. The maximum absolute atomic E-state index is 5.73. The second kappa shape index (κ2) is 5.12. The van der Waals surface area contributed by atoms with E-state index in [2.05, 4.69) is 16.9 Å². The standard InChI is InChI=1S/C12H14ClN3/c1-2-3-11-14-6-7-16(11)12-5-4-10(8-13)9-15-12/h4-7,9H,2-3,8H2,1H3. The average Bonchev–Trinajstić information content (AvgIpc) is 2.78. The van der Waals surface area contributed by atoms with Gasteiger partial charge in [0.25, 0.3) is 0 Å². The Morgan fingerprint density at radius 3 is 2.81 bits per heavy atom. The predicted octanol–water partition coefficient (Wildman–Crippen LogP) is 2.96. The van der Waals surface area contributed by atoms with E-state index in [9.17, 15) is 0 Å². The second-order valence-electron chi connectivity index (χ2n) is 3.62. The first-order valence-electron chi connectivity index (χ1n) is 5.38. The molecule has 0 saturated carbocycles. The molecule has 2 aromatic heterocycles. The van der Waals surface area contributed by atoms with E-state index < -0.39 is 0 Å². The van der Waals surface area contributed by atoms with Crippen molar-refractivity contribution in [1.82, 2.24) is 14.5 Å². The minimum atomic E-state index is 0.499. The minimum Gasteiger partial charge on any atom is -0.288 e. The summed E-state index contributed by atoms with van der Waals surface area (Å²) in [5, 5.41) is 0. The third kappa shape index (κ3) is 2.25. The molecule has 4 heteroatoms. The lowest BCUT2D eigenvalue weighted by atomic mass is 10.3. The number of hydrogen-bond donors (Lipinski definition) is 0. The maximum Gasteiger partial charge on any atom is 0.137 e. The zero-order valence-electron chi connectivity index (χ0n) is 9.23. The summed E-state index contributed by atoms with van der Waals surface area (Å²) in [5.41, 5.74) is 1.03. The molecule has 0 spiro atoms. The Morgan fingerprint density at radius 1 is 1.31 bits per heavy atom. The summed E-state index contributed by atoms with van der Waals surface area (Å²) in [7, 11) is 0. The lowest BCUT2D eigenvalue weighted by Gasteiger charge is -2.06. The number of aryl methyl sites for hydroxylation is 1. The van der Waals surface area contributed by atoms with Crippen LogP contribution in [0.2, 0.25) is 0 Å². The molecule has 0 unspecified atom stereocenters. The van der Waals surface area contributed by atoms with Crippen LogP contribution in [-0.2, 0) is 12.3 Å². The molecule has 0 saturated heterocycles. The van der Waals surface area contributed by atoms with Gasteiger partial charge in [0.2, 0.25) is 0 Å². The number of nitrogens with zero attached hydrogens (tertiary/aromatic N) is 3. The number of halogens is 1. The van der Waals surface area contributed by atoms with Gasteiger partial charge >= 0.3 is 0 Å². The van der Waals surface area contributed by atoms with Crippen LogP contribution < -0.4 is 0 Å². The second-order valence-corrected chi connectivity index (χ2v) is 3.89. The normalized spacial score (nSPS) is 10.6. The fraction of sp³-hybridized carbons (Fsp3) is 0.333. The third-order valence-corrected chi connectivity index (χ3v) is 2.71. The highest BCUT2D eigenvalue weighted by molar-refractivity contribution is 6.17. The molecule has 2 rings (SSSR count). The Hall–Kier alpha value is -1.35. The molecule has 16 heavy (non-hydrogen) atoms. The van der Waals surface area contributed by atoms with Gasteiger partial charge in [-0.1, -0.05) is 13.0 Å². The zero-order valence-corrected chi connectivity index (χ0v) is 9.98. The van der Waals surface area contributed by atoms with Crippen molar-refractivity contribution in [1.29, 1.82) is 0 Å². The van der Waals surface area contributed by atoms with Crippen molar-refractivity contribution >= 4 is 11.6 Å². The highest BCUT2D eigenvalue weighted by atomic mass is 35.5. The van der Waals surface area contributed by atoms with Crippen LogP contribution in [0.3, 0.4) is 0 Å². The number of aromatic nitrogens is 3. The fourth-order valence-corrected chi connectivity index (χ4v) is 1.75. The SMILES string of the molecule is CCCc1nccn1-c1ccc(CCl)cn1. The monoisotopic (exact) mass is 235 g/mol. The van der Waals surface area contributed by atoms with Gasteiger partial charge in [0.15, 0.2) is 0 Å². The van der Waals surface area contributed by atoms with E-state index >= 15 is 0 Å². The van der Waals surface area contributed by atoms with Crippen LogP contribution in [0.15, 0.2) is 30.7 Å². The Labute approximate surface area is 100 Å².